The molecule has 1 atom stereocenters. The van der Waals surface area contributed by atoms with Crippen LogP contribution in [0.2, 0.25) is 0 Å². The van der Waals surface area contributed by atoms with Crippen molar-refractivity contribution in [2.45, 2.75) is 31.3 Å². The largest absolute Gasteiger partial charge is 0.449 e. The second-order valence-corrected chi connectivity index (χ2v) is 8.21. The van der Waals surface area contributed by atoms with Gasteiger partial charge in [-0.05, 0) is 49.2 Å². The van der Waals surface area contributed by atoms with Gasteiger partial charge in [0, 0.05) is 18.8 Å². The third kappa shape index (κ3) is 4.07. The standard InChI is InChI=1S/C20H22N2O5S/c1-3-21-28(25,26)17-10-8-16(9-11-17)20(24)27-14(2)19(23)22-13-12-15-6-4-5-7-18(15)22/h4-11,14,21H,3,12-13H2,1-2H3/t14-/m1/s1. The highest BCUT2D eigenvalue weighted by Crippen LogP contribution is 2.28. The van der Waals surface area contributed by atoms with Crippen molar-refractivity contribution in [2.75, 3.05) is 18.0 Å². The van der Waals surface area contributed by atoms with E-state index in [-0.39, 0.29) is 22.9 Å². The summed E-state index contributed by atoms with van der Waals surface area (Å²) in [6, 6.07) is 13.0. The molecule has 0 fully saturated rings. The van der Waals surface area contributed by atoms with Crippen molar-refractivity contribution >= 4 is 27.6 Å². The maximum absolute atomic E-state index is 12.7. The highest BCUT2D eigenvalue weighted by atomic mass is 32.2. The van der Waals surface area contributed by atoms with Crippen LogP contribution in [0.4, 0.5) is 5.69 Å². The van der Waals surface area contributed by atoms with E-state index in [1.807, 2.05) is 24.3 Å². The Morgan fingerprint density at radius 3 is 2.50 bits per heavy atom. The molecule has 0 aliphatic carbocycles. The summed E-state index contributed by atoms with van der Waals surface area (Å²) in [5.74, 6) is -0.967. The Hall–Kier alpha value is -2.71. The Labute approximate surface area is 164 Å². The maximum Gasteiger partial charge on any atom is 0.338 e. The van der Waals surface area contributed by atoms with Crippen LogP contribution in [-0.4, -0.2) is 39.5 Å². The van der Waals surface area contributed by atoms with Crippen molar-refractivity contribution in [3.05, 3.63) is 59.7 Å². The van der Waals surface area contributed by atoms with Crippen LogP contribution in [0.5, 0.6) is 0 Å². The zero-order valence-corrected chi connectivity index (χ0v) is 16.5. The van der Waals surface area contributed by atoms with Crippen LogP contribution in [-0.2, 0) is 26.0 Å². The zero-order chi connectivity index (χ0) is 20.3. The number of benzene rings is 2. The number of hydrogen-bond donors (Lipinski definition) is 1. The molecule has 0 unspecified atom stereocenters. The SMILES string of the molecule is CCNS(=O)(=O)c1ccc(C(=O)O[C@H](C)C(=O)N2CCc3ccccc32)cc1. The van der Waals surface area contributed by atoms with Gasteiger partial charge in [-0.1, -0.05) is 25.1 Å². The molecule has 1 aliphatic rings. The minimum absolute atomic E-state index is 0.0590. The first-order valence-corrected chi connectivity index (χ1v) is 10.5. The van der Waals surface area contributed by atoms with Crippen LogP contribution in [0, 0.1) is 0 Å². The van der Waals surface area contributed by atoms with E-state index in [4.69, 9.17) is 4.74 Å². The fourth-order valence-electron chi connectivity index (χ4n) is 3.11. The van der Waals surface area contributed by atoms with E-state index < -0.39 is 22.1 Å². The highest BCUT2D eigenvalue weighted by Gasteiger charge is 2.30. The molecule has 1 heterocycles. The van der Waals surface area contributed by atoms with E-state index in [2.05, 4.69) is 4.72 Å². The van der Waals surface area contributed by atoms with Gasteiger partial charge in [-0.25, -0.2) is 17.9 Å². The average Bonchev–Trinajstić information content (AvgIpc) is 3.11. The lowest BCUT2D eigenvalue weighted by Crippen LogP contribution is -2.39. The van der Waals surface area contributed by atoms with E-state index in [0.29, 0.717) is 6.54 Å². The van der Waals surface area contributed by atoms with Gasteiger partial charge in [-0.3, -0.25) is 4.79 Å². The molecule has 0 radical (unpaired) electrons. The van der Waals surface area contributed by atoms with E-state index in [1.165, 1.54) is 31.2 Å². The molecule has 8 heteroatoms. The molecular weight excluding hydrogens is 380 g/mol. The predicted octanol–water partition coefficient (Wildman–Crippen LogP) is 2.12. The number of esters is 1. The number of ether oxygens (including phenoxy) is 1. The molecule has 0 saturated heterocycles. The van der Waals surface area contributed by atoms with E-state index in [9.17, 15) is 18.0 Å². The van der Waals surface area contributed by atoms with Crippen LogP contribution in [0.25, 0.3) is 0 Å². The average molecular weight is 402 g/mol. The minimum Gasteiger partial charge on any atom is -0.449 e. The lowest BCUT2D eigenvalue weighted by atomic mass is 10.2. The fourth-order valence-corrected chi connectivity index (χ4v) is 4.15. The molecule has 1 aliphatic heterocycles. The summed E-state index contributed by atoms with van der Waals surface area (Å²) in [5.41, 5.74) is 2.11. The number of hydrogen-bond acceptors (Lipinski definition) is 5. The van der Waals surface area contributed by atoms with Crippen molar-refractivity contribution in [3.8, 4) is 0 Å². The second kappa shape index (κ2) is 8.12. The second-order valence-electron chi connectivity index (χ2n) is 6.44. The van der Waals surface area contributed by atoms with Gasteiger partial charge >= 0.3 is 5.97 Å². The molecule has 1 N–H and O–H groups in total. The van der Waals surface area contributed by atoms with E-state index in [0.717, 1.165) is 17.7 Å². The molecule has 2 aromatic rings. The van der Waals surface area contributed by atoms with Crippen LogP contribution in [0.1, 0.15) is 29.8 Å². The number of nitrogens with one attached hydrogen (secondary N) is 1. The summed E-state index contributed by atoms with van der Waals surface area (Å²) in [7, 11) is -3.59. The normalized spacial score (nSPS) is 14.4. The van der Waals surface area contributed by atoms with Gasteiger partial charge in [0.25, 0.3) is 5.91 Å². The Balaban J connectivity index is 1.67. The minimum atomic E-state index is -3.59. The summed E-state index contributed by atoms with van der Waals surface area (Å²) in [5, 5.41) is 0. The third-order valence-electron chi connectivity index (χ3n) is 4.52. The quantitative estimate of drug-likeness (QED) is 0.747. The Bertz CT molecular complexity index is 986. The first-order valence-electron chi connectivity index (χ1n) is 9.03. The van der Waals surface area contributed by atoms with Crippen molar-refractivity contribution in [1.29, 1.82) is 0 Å². The van der Waals surface area contributed by atoms with Gasteiger partial charge in [0.15, 0.2) is 6.10 Å². The van der Waals surface area contributed by atoms with Gasteiger partial charge in [0.2, 0.25) is 10.0 Å². The number of amides is 1. The zero-order valence-electron chi connectivity index (χ0n) is 15.7. The Morgan fingerprint density at radius 1 is 1.14 bits per heavy atom. The van der Waals surface area contributed by atoms with Gasteiger partial charge in [0.05, 0.1) is 10.5 Å². The monoisotopic (exact) mass is 402 g/mol. The molecule has 1 amide bonds. The van der Waals surface area contributed by atoms with Crippen molar-refractivity contribution in [2.24, 2.45) is 0 Å². The van der Waals surface area contributed by atoms with Crippen molar-refractivity contribution in [3.63, 3.8) is 0 Å². The summed E-state index contributed by atoms with van der Waals surface area (Å²) in [6.45, 7) is 4.04. The van der Waals surface area contributed by atoms with Crippen molar-refractivity contribution < 1.29 is 22.7 Å². The van der Waals surface area contributed by atoms with Gasteiger partial charge in [0.1, 0.15) is 0 Å². The number of nitrogens with zero attached hydrogens (tertiary/aromatic N) is 1. The molecule has 0 saturated carbocycles. The molecular formula is C20H22N2O5S. The smallest absolute Gasteiger partial charge is 0.338 e. The molecule has 0 spiro atoms. The van der Waals surface area contributed by atoms with Gasteiger partial charge in [-0.2, -0.15) is 0 Å². The van der Waals surface area contributed by atoms with Gasteiger partial charge in [-0.15, -0.1) is 0 Å². The highest BCUT2D eigenvalue weighted by molar-refractivity contribution is 7.89. The summed E-state index contributed by atoms with van der Waals surface area (Å²) in [6.07, 6.45) is -0.187. The third-order valence-corrected chi connectivity index (χ3v) is 6.08. The first kappa shape index (κ1) is 20.0. The van der Waals surface area contributed by atoms with Crippen LogP contribution in [0.3, 0.4) is 0 Å². The van der Waals surface area contributed by atoms with E-state index >= 15 is 0 Å². The molecule has 28 heavy (non-hydrogen) atoms. The number of anilines is 1. The number of carbonyl (C=O) groups is 2. The van der Waals surface area contributed by atoms with Crippen LogP contribution < -0.4 is 9.62 Å². The van der Waals surface area contributed by atoms with E-state index in [1.54, 1.807) is 11.8 Å². The number of fused-ring (bicyclic) bond motifs is 1. The lowest BCUT2D eigenvalue weighted by Gasteiger charge is -2.21. The molecule has 7 nitrogen and oxygen atoms in total. The van der Waals surface area contributed by atoms with Gasteiger partial charge < -0.3 is 9.64 Å². The maximum atomic E-state index is 12.7. The topological polar surface area (TPSA) is 92.8 Å². The number of para-hydroxylation sites is 1. The number of carbonyl (C=O) groups excluding carboxylic acids is 2. The predicted molar refractivity (Wildman–Crippen MR) is 105 cm³/mol. The Morgan fingerprint density at radius 2 is 1.82 bits per heavy atom. The lowest BCUT2D eigenvalue weighted by molar-refractivity contribution is -0.126. The molecule has 0 aromatic heterocycles. The Kier molecular flexibility index (Phi) is 5.81. The van der Waals surface area contributed by atoms with Crippen molar-refractivity contribution in [1.82, 2.24) is 4.72 Å². The summed E-state index contributed by atoms with van der Waals surface area (Å²) in [4.78, 5) is 26.7. The molecule has 0 bridgehead atoms. The van der Waals surface area contributed by atoms with Crippen LogP contribution >= 0.6 is 0 Å². The molecule has 2 aromatic carbocycles. The number of rotatable bonds is 6. The van der Waals surface area contributed by atoms with Crippen LogP contribution in [0.15, 0.2) is 53.4 Å². The summed E-state index contributed by atoms with van der Waals surface area (Å²) < 4.78 is 31.6. The summed E-state index contributed by atoms with van der Waals surface area (Å²) >= 11 is 0. The molecule has 3 rings (SSSR count). The molecule has 148 valence electrons. The number of sulfonamides is 1. The fraction of sp³-hybridized carbons (Fsp3) is 0.300. The first-order chi connectivity index (χ1) is 13.3.